The van der Waals surface area contributed by atoms with Crippen LogP contribution in [0.3, 0.4) is 0 Å². The fourth-order valence-corrected chi connectivity index (χ4v) is 0. The Labute approximate surface area is 105 Å². The first-order valence-corrected chi connectivity index (χ1v) is 2.23. The molecular formula is C8H10CoO7-6. The van der Waals surface area contributed by atoms with Crippen LogP contribution < -0.4 is 0 Å². The van der Waals surface area contributed by atoms with E-state index in [0.29, 0.717) is 0 Å². The first-order valence-electron chi connectivity index (χ1n) is 2.23. The smallest absolute Gasteiger partial charge is 0.116 e. The molecule has 0 unspecified atom stereocenters. The first kappa shape index (κ1) is 64.4. The molecule has 0 rings (SSSR count). The molecule has 0 atom stereocenters. The van der Waals surface area contributed by atoms with Gasteiger partial charge in [-0.1, -0.05) is 0 Å². The Hall–Kier alpha value is -1.80. The third-order valence-corrected chi connectivity index (χ3v) is 0. The minimum Gasteiger partial charge on any atom is -0.545 e. The SMILES string of the molecule is CC=O.[CH-]=O.[CH-]=O.[CH-]=O.[CH-]=O.[CH-]=O.[CH-]=O.[Co]. The van der Waals surface area contributed by atoms with E-state index in [1.165, 1.54) is 6.92 Å². The standard InChI is InChI=1S/C2H4O.6CHO.Co/c1-2-3;6*1-2;/h2H,1H3;6*1H;/q;6*-1;. The fraction of sp³-hybridized carbons (Fsp3) is 0.125. The van der Waals surface area contributed by atoms with Crippen LogP contribution in [-0.2, 0) is 50.3 Å². The van der Waals surface area contributed by atoms with E-state index in [4.69, 9.17) is 33.6 Å². The molecular weight excluding hydrogens is 267 g/mol. The van der Waals surface area contributed by atoms with Crippen molar-refractivity contribution >= 4 is 47.0 Å². The van der Waals surface area contributed by atoms with Gasteiger partial charge in [-0.3, -0.25) is 40.7 Å². The van der Waals surface area contributed by atoms with Crippen molar-refractivity contribution in [2.45, 2.75) is 6.92 Å². The van der Waals surface area contributed by atoms with E-state index >= 15 is 0 Å². The molecule has 0 bridgehead atoms. The van der Waals surface area contributed by atoms with Gasteiger partial charge in [0.1, 0.15) is 6.29 Å². The maximum absolute atomic E-state index is 8.81. The second-order valence-electron chi connectivity index (χ2n) is 0.236. The molecule has 0 spiro atoms. The number of rotatable bonds is 0. The molecule has 0 saturated carbocycles. The average Bonchev–Trinajstić information content (AvgIpc) is 2.44. The van der Waals surface area contributed by atoms with Crippen molar-refractivity contribution in [1.29, 1.82) is 0 Å². The van der Waals surface area contributed by atoms with Crippen LogP contribution in [0.4, 0.5) is 0 Å². The van der Waals surface area contributed by atoms with Gasteiger partial charge >= 0.3 is 0 Å². The Morgan fingerprint density at radius 1 is 0.562 bits per heavy atom. The first-order chi connectivity index (χ1) is 7.41. The molecule has 0 N–H and O–H groups in total. The number of carbonyl (C=O) groups excluding carboxylic acids is 7. The van der Waals surface area contributed by atoms with Crippen molar-refractivity contribution in [3.8, 4) is 0 Å². The molecule has 0 aromatic carbocycles. The van der Waals surface area contributed by atoms with Crippen LogP contribution in [0.25, 0.3) is 0 Å². The number of hydrogen-bond acceptors (Lipinski definition) is 7. The van der Waals surface area contributed by atoms with Crippen LogP contribution in [0.1, 0.15) is 6.92 Å². The Balaban J connectivity index is -0.00000000777. The van der Waals surface area contributed by atoms with E-state index in [9.17, 15) is 0 Å². The van der Waals surface area contributed by atoms with Crippen molar-refractivity contribution < 1.29 is 50.3 Å². The molecule has 0 aromatic rings. The Kier molecular flexibility index (Phi) is 12200. The number of hydrogen-bond donors (Lipinski definition) is 0. The van der Waals surface area contributed by atoms with E-state index in [-0.39, 0.29) is 16.8 Å². The molecule has 0 aliphatic heterocycles. The van der Waals surface area contributed by atoms with E-state index < -0.39 is 0 Å². The summed E-state index contributed by atoms with van der Waals surface area (Å²) in [5.41, 5.74) is 0. The van der Waals surface area contributed by atoms with Crippen molar-refractivity contribution in [2.75, 3.05) is 0 Å². The van der Waals surface area contributed by atoms with Gasteiger partial charge in [0.2, 0.25) is 0 Å². The van der Waals surface area contributed by atoms with Crippen molar-refractivity contribution in [3.63, 3.8) is 0 Å². The van der Waals surface area contributed by atoms with Crippen LogP contribution in [0, 0.1) is 0 Å². The van der Waals surface area contributed by atoms with Crippen molar-refractivity contribution in [1.82, 2.24) is 0 Å². The second kappa shape index (κ2) is 3040. The van der Waals surface area contributed by atoms with Gasteiger partial charge in [0.05, 0.1) is 0 Å². The van der Waals surface area contributed by atoms with Gasteiger partial charge in [-0.2, -0.15) is 0 Å². The third-order valence-electron chi connectivity index (χ3n) is 0. The second-order valence-corrected chi connectivity index (χ2v) is 0.236. The Bertz CT molecular complexity index is 59.9. The molecule has 0 aliphatic rings. The summed E-state index contributed by atoms with van der Waals surface area (Å²) in [5, 5.41) is 0. The maximum atomic E-state index is 8.81. The summed E-state index contributed by atoms with van der Waals surface area (Å²) in [6.45, 7) is 20.9. The summed E-state index contributed by atoms with van der Waals surface area (Å²) in [4.78, 5) is 55.3. The number of aldehydes is 1. The monoisotopic (exact) mass is 277 g/mol. The molecule has 0 aromatic heterocycles. The van der Waals surface area contributed by atoms with E-state index in [1.807, 2.05) is 0 Å². The zero-order valence-electron chi connectivity index (χ0n) is 8.23. The van der Waals surface area contributed by atoms with Crippen LogP contribution in [0.2, 0.25) is 0 Å². The molecule has 16 heavy (non-hydrogen) atoms. The Morgan fingerprint density at radius 3 is 0.562 bits per heavy atom. The quantitative estimate of drug-likeness (QED) is 0.392. The molecule has 8 heteroatoms. The molecule has 0 fully saturated rings. The maximum Gasteiger partial charge on any atom is 0.116 e. The molecule has 0 aliphatic carbocycles. The minimum absolute atomic E-state index is 0. The van der Waals surface area contributed by atoms with Crippen molar-refractivity contribution in [2.24, 2.45) is 0 Å². The van der Waals surface area contributed by atoms with Gasteiger partial charge < -0.3 is 33.6 Å². The summed E-state index contributed by atoms with van der Waals surface area (Å²) in [6, 6.07) is 0. The topological polar surface area (TPSA) is 119 Å². The third kappa shape index (κ3) is 470. The summed E-state index contributed by atoms with van der Waals surface area (Å²) in [6.07, 6.45) is 0.750. The minimum atomic E-state index is 0. The van der Waals surface area contributed by atoms with Gasteiger partial charge in [-0.15, -0.1) is 0 Å². The van der Waals surface area contributed by atoms with Gasteiger partial charge in [-0.25, -0.2) is 0 Å². The summed E-state index contributed by atoms with van der Waals surface area (Å²) in [7, 11) is 0. The predicted octanol–water partition coefficient (Wildman–Crippen LogP) is -1.44. The molecule has 7 nitrogen and oxygen atoms in total. The van der Waals surface area contributed by atoms with Gasteiger partial charge in [0.15, 0.2) is 0 Å². The summed E-state index contributed by atoms with van der Waals surface area (Å²) in [5.74, 6) is 0. The normalized spacial score (nSPS) is 2.31. The van der Waals surface area contributed by atoms with E-state index in [0.717, 1.165) is 6.29 Å². The summed E-state index contributed by atoms with van der Waals surface area (Å²) >= 11 is 0. The zero-order chi connectivity index (χ0) is 14.7. The zero-order valence-corrected chi connectivity index (χ0v) is 9.27. The van der Waals surface area contributed by atoms with Crippen LogP contribution in [0.5, 0.6) is 0 Å². The summed E-state index contributed by atoms with van der Waals surface area (Å²) < 4.78 is 0. The predicted molar refractivity (Wildman–Crippen MR) is 52.2 cm³/mol. The molecule has 0 saturated heterocycles. The fourth-order valence-electron chi connectivity index (χ4n) is 0. The molecule has 0 heterocycles. The van der Waals surface area contributed by atoms with Crippen LogP contribution >= 0.6 is 0 Å². The van der Waals surface area contributed by atoms with Crippen molar-refractivity contribution in [3.05, 3.63) is 0 Å². The Morgan fingerprint density at radius 2 is 0.562 bits per heavy atom. The molecule has 0 amide bonds. The van der Waals surface area contributed by atoms with Gasteiger partial charge in [-0.05, 0) is 6.92 Å². The average molecular weight is 277 g/mol. The van der Waals surface area contributed by atoms with E-state index in [2.05, 4.69) is 40.7 Å². The van der Waals surface area contributed by atoms with Crippen LogP contribution in [-0.4, -0.2) is 47.0 Å². The number of carbonyl (C=O) groups is 1. The van der Waals surface area contributed by atoms with Gasteiger partial charge in [0.25, 0.3) is 0 Å². The largest absolute Gasteiger partial charge is 0.545 e. The molecule has 99 valence electrons. The van der Waals surface area contributed by atoms with Gasteiger partial charge in [0, 0.05) is 16.8 Å². The van der Waals surface area contributed by atoms with Crippen LogP contribution in [0.15, 0.2) is 0 Å². The van der Waals surface area contributed by atoms with E-state index in [1.54, 1.807) is 0 Å². The molecule has 1 radical (unpaired) electrons.